The molecule has 0 spiro atoms. The van der Waals surface area contributed by atoms with Gasteiger partial charge in [-0.25, -0.2) is 4.39 Å². The summed E-state index contributed by atoms with van der Waals surface area (Å²) >= 11 is 0. The first-order chi connectivity index (χ1) is 6.00. The molecule has 0 fully saturated rings. The first kappa shape index (κ1) is 10.2. The predicted molar refractivity (Wildman–Crippen MR) is 51.8 cm³/mol. The van der Waals surface area contributed by atoms with E-state index < -0.39 is 0 Å². The molecule has 0 heterocycles. The SMILES string of the molecule is [CH2-][NH+](C)Cc1cc(C)c(C)cc1F. The van der Waals surface area contributed by atoms with Crippen molar-refractivity contribution in [2.24, 2.45) is 0 Å². The van der Waals surface area contributed by atoms with Crippen LogP contribution in [0.3, 0.4) is 0 Å². The number of aryl methyl sites for hydroxylation is 2. The van der Waals surface area contributed by atoms with Crippen molar-refractivity contribution < 1.29 is 9.29 Å². The maximum atomic E-state index is 13.3. The number of hydrogen-bond donors (Lipinski definition) is 1. The zero-order chi connectivity index (χ0) is 10.0. The number of halogens is 1. The van der Waals surface area contributed by atoms with Crippen molar-refractivity contribution >= 4 is 0 Å². The minimum Gasteiger partial charge on any atom is -0.466 e. The van der Waals surface area contributed by atoms with E-state index in [0.29, 0.717) is 6.54 Å². The summed E-state index contributed by atoms with van der Waals surface area (Å²) in [6.45, 7) is 4.55. The highest BCUT2D eigenvalue weighted by molar-refractivity contribution is 5.30. The normalized spacial score (nSPS) is 13.0. The van der Waals surface area contributed by atoms with Crippen molar-refractivity contribution in [3.05, 3.63) is 41.7 Å². The van der Waals surface area contributed by atoms with E-state index in [9.17, 15) is 4.39 Å². The first-order valence-corrected chi connectivity index (χ1v) is 4.40. The molecule has 0 radical (unpaired) electrons. The van der Waals surface area contributed by atoms with E-state index in [0.717, 1.165) is 21.6 Å². The van der Waals surface area contributed by atoms with Gasteiger partial charge < -0.3 is 4.90 Å². The van der Waals surface area contributed by atoms with Crippen molar-refractivity contribution in [2.75, 3.05) is 7.05 Å². The molecule has 1 aromatic carbocycles. The van der Waals surface area contributed by atoms with Crippen molar-refractivity contribution in [2.45, 2.75) is 20.4 Å². The maximum absolute atomic E-state index is 13.3. The lowest BCUT2D eigenvalue weighted by molar-refractivity contribution is -0.846. The van der Waals surface area contributed by atoms with Crippen LogP contribution >= 0.6 is 0 Å². The van der Waals surface area contributed by atoms with Crippen LogP contribution in [0.2, 0.25) is 0 Å². The van der Waals surface area contributed by atoms with Crippen molar-refractivity contribution in [3.8, 4) is 0 Å². The minimum atomic E-state index is -0.119. The molecule has 72 valence electrons. The van der Waals surface area contributed by atoms with Gasteiger partial charge in [0.2, 0.25) is 0 Å². The van der Waals surface area contributed by atoms with Gasteiger partial charge in [0.05, 0.1) is 6.54 Å². The van der Waals surface area contributed by atoms with Gasteiger partial charge in [0.15, 0.2) is 0 Å². The van der Waals surface area contributed by atoms with Crippen LogP contribution in [0.5, 0.6) is 0 Å². The lowest BCUT2D eigenvalue weighted by Crippen LogP contribution is -3.01. The molecule has 1 unspecified atom stereocenters. The van der Waals surface area contributed by atoms with Gasteiger partial charge in [-0.3, -0.25) is 0 Å². The second kappa shape index (κ2) is 3.88. The summed E-state index contributed by atoms with van der Waals surface area (Å²) in [5.41, 5.74) is 2.89. The molecular weight excluding hydrogens is 165 g/mol. The number of quaternary nitrogens is 1. The van der Waals surface area contributed by atoms with Gasteiger partial charge in [0.25, 0.3) is 0 Å². The third-order valence-corrected chi connectivity index (χ3v) is 2.15. The van der Waals surface area contributed by atoms with E-state index in [1.165, 1.54) is 0 Å². The zero-order valence-corrected chi connectivity index (χ0v) is 8.45. The molecule has 1 rings (SSSR count). The molecular formula is C11H16FN. The van der Waals surface area contributed by atoms with Crippen LogP contribution in [0.15, 0.2) is 12.1 Å². The second-order valence-corrected chi connectivity index (χ2v) is 3.66. The molecule has 1 aromatic rings. The van der Waals surface area contributed by atoms with Crippen molar-refractivity contribution in [1.82, 2.24) is 0 Å². The highest BCUT2D eigenvalue weighted by Gasteiger charge is 2.05. The Bertz CT molecular complexity index is 305. The van der Waals surface area contributed by atoms with Crippen LogP contribution in [0.25, 0.3) is 0 Å². The Morgan fingerprint density at radius 3 is 2.38 bits per heavy atom. The van der Waals surface area contributed by atoms with Gasteiger partial charge in [-0.2, -0.15) is 7.05 Å². The maximum Gasteiger partial charge on any atom is 0.132 e. The van der Waals surface area contributed by atoms with Crippen LogP contribution in [0.4, 0.5) is 4.39 Å². The molecule has 13 heavy (non-hydrogen) atoms. The summed E-state index contributed by atoms with van der Waals surface area (Å²) in [5, 5.41) is 0. The van der Waals surface area contributed by atoms with E-state index in [1.807, 2.05) is 27.0 Å². The Morgan fingerprint density at radius 2 is 1.85 bits per heavy atom. The molecule has 0 saturated heterocycles. The van der Waals surface area contributed by atoms with E-state index in [2.05, 4.69) is 7.05 Å². The lowest BCUT2D eigenvalue weighted by Gasteiger charge is -2.15. The van der Waals surface area contributed by atoms with Gasteiger partial charge in [-0.15, -0.1) is 0 Å². The summed E-state index contributed by atoms with van der Waals surface area (Å²) < 4.78 is 13.3. The Balaban J connectivity index is 3.01. The van der Waals surface area contributed by atoms with E-state index >= 15 is 0 Å². The topological polar surface area (TPSA) is 4.44 Å². The van der Waals surface area contributed by atoms with Crippen LogP contribution in [-0.4, -0.2) is 7.05 Å². The fourth-order valence-electron chi connectivity index (χ4n) is 1.30. The van der Waals surface area contributed by atoms with Crippen LogP contribution in [0, 0.1) is 26.7 Å². The largest absolute Gasteiger partial charge is 0.466 e. The number of nitrogens with one attached hydrogen (secondary N) is 1. The molecule has 1 atom stereocenters. The summed E-state index contributed by atoms with van der Waals surface area (Å²) in [6, 6.07) is 3.49. The smallest absolute Gasteiger partial charge is 0.132 e. The Kier molecular flexibility index (Phi) is 3.04. The average Bonchev–Trinajstić information content (AvgIpc) is 1.99. The van der Waals surface area contributed by atoms with Gasteiger partial charge >= 0.3 is 0 Å². The molecule has 2 heteroatoms. The summed E-state index contributed by atoms with van der Waals surface area (Å²) in [7, 11) is 5.69. The third kappa shape index (κ3) is 2.52. The molecule has 0 saturated carbocycles. The molecule has 1 N–H and O–H groups in total. The average molecular weight is 181 g/mol. The lowest BCUT2D eigenvalue weighted by atomic mass is 10.1. The minimum absolute atomic E-state index is 0.119. The fraction of sp³-hybridized carbons (Fsp3) is 0.364. The Hall–Kier alpha value is -0.890. The highest BCUT2D eigenvalue weighted by atomic mass is 19.1. The summed E-state index contributed by atoms with van der Waals surface area (Å²) in [5.74, 6) is -0.119. The summed E-state index contributed by atoms with van der Waals surface area (Å²) in [4.78, 5) is 0.988. The highest BCUT2D eigenvalue weighted by Crippen LogP contribution is 2.13. The first-order valence-electron chi connectivity index (χ1n) is 4.40. The van der Waals surface area contributed by atoms with Crippen molar-refractivity contribution in [1.29, 1.82) is 0 Å². The van der Waals surface area contributed by atoms with Gasteiger partial charge in [0, 0.05) is 12.6 Å². The molecule has 1 nitrogen and oxygen atoms in total. The second-order valence-electron chi connectivity index (χ2n) is 3.66. The molecule has 0 bridgehead atoms. The standard InChI is InChI=1S/C11H16FN/c1-8-5-10(7-13(3)4)11(12)6-9(8)2/h5-6,13H,3,7H2,1-2,4H3. The number of hydrogen-bond acceptors (Lipinski definition) is 0. The zero-order valence-electron chi connectivity index (χ0n) is 8.45. The predicted octanol–water partition coefficient (Wildman–Crippen LogP) is 1.25. The number of rotatable bonds is 2. The number of benzene rings is 1. The van der Waals surface area contributed by atoms with Crippen LogP contribution < -0.4 is 4.90 Å². The molecule has 0 amide bonds. The Morgan fingerprint density at radius 1 is 1.31 bits per heavy atom. The molecule has 0 aliphatic rings. The van der Waals surface area contributed by atoms with E-state index in [1.54, 1.807) is 6.07 Å². The van der Waals surface area contributed by atoms with Gasteiger partial charge in [-0.05, 0) is 37.1 Å². The third-order valence-electron chi connectivity index (χ3n) is 2.15. The Labute approximate surface area is 79.2 Å². The molecule has 0 aliphatic carbocycles. The quantitative estimate of drug-likeness (QED) is 0.655. The van der Waals surface area contributed by atoms with E-state index in [4.69, 9.17) is 0 Å². The fourth-order valence-corrected chi connectivity index (χ4v) is 1.30. The van der Waals surface area contributed by atoms with Crippen LogP contribution in [-0.2, 0) is 6.54 Å². The van der Waals surface area contributed by atoms with Gasteiger partial charge in [0.1, 0.15) is 5.82 Å². The summed E-state index contributed by atoms with van der Waals surface area (Å²) in [6.07, 6.45) is 0. The molecule has 0 aromatic heterocycles. The van der Waals surface area contributed by atoms with E-state index in [-0.39, 0.29) is 5.82 Å². The van der Waals surface area contributed by atoms with Gasteiger partial charge in [-0.1, -0.05) is 0 Å². The monoisotopic (exact) mass is 181 g/mol. The molecule has 0 aliphatic heterocycles. The van der Waals surface area contributed by atoms with Crippen LogP contribution in [0.1, 0.15) is 16.7 Å². The van der Waals surface area contributed by atoms with Crippen molar-refractivity contribution in [3.63, 3.8) is 0 Å².